The summed E-state index contributed by atoms with van der Waals surface area (Å²) >= 11 is 0. The topological polar surface area (TPSA) is 83.9 Å². The second-order valence-corrected chi connectivity index (χ2v) is 5.35. The number of nitrogens with zero attached hydrogens (tertiary/aromatic N) is 1. The zero-order valence-corrected chi connectivity index (χ0v) is 9.53. The third-order valence-corrected chi connectivity index (χ3v) is 3.39. The molecule has 0 aliphatic carbocycles. The molecule has 0 aromatic rings. The molecule has 0 saturated carbocycles. The van der Waals surface area contributed by atoms with Gasteiger partial charge in [-0.15, -0.1) is 0 Å². The fourth-order valence-electron chi connectivity index (χ4n) is 1.54. The summed E-state index contributed by atoms with van der Waals surface area (Å²) in [6.45, 7) is 0. The van der Waals surface area contributed by atoms with Crippen molar-refractivity contribution in [1.82, 2.24) is 4.90 Å². The van der Waals surface area contributed by atoms with E-state index >= 15 is 0 Å². The molecule has 0 spiro atoms. The van der Waals surface area contributed by atoms with Crippen LogP contribution in [-0.4, -0.2) is 49.4 Å². The summed E-state index contributed by atoms with van der Waals surface area (Å²) in [6, 6.07) is -0.434. The molecule has 0 bridgehead atoms. The number of esters is 1. The molecule has 1 aliphatic heterocycles. The largest absolute Gasteiger partial charge is 0.442 e. The van der Waals surface area contributed by atoms with Gasteiger partial charge in [0.2, 0.25) is 5.44 Å². The lowest BCUT2D eigenvalue weighted by molar-refractivity contribution is -0.149. The fraction of sp³-hybridized carbons (Fsp3) is 0.875. The van der Waals surface area contributed by atoms with Crippen LogP contribution in [0.15, 0.2) is 0 Å². The van der Waals surface area contributed by atoms with E-state index in [1.165, 1.54) is 0 Å². The zero-order chi connectivity index (χ0) is 11.6. The van der Waals surface area contributed by atoms with Crippen molar-refractivity contribution >= 4 is 16.1 Å². The maximum Gasteiger partial charge on any atom is 0.324 e. The van der Waals surface area contributed by atoms with Crippen LogP contribution < -0.4 is 0 Å². The molecule has 1 N–H and O–H groups in total. The molecule has 0 amide bonds. The van der Waals surface area contributed by atoms with Gasteiger partial charge in [-0.3, -0.25) is 14.2 Å². The minimum Gasteiger partial charge on any atom is -0.442 e. The van der Waals surface area contributed by atoms with Crippen molar-refractivity contribution < 1.29 is 22.5 Å². The van der Waals surface area contributed by atoms with E-state index in [-0.39, 0.29) is 6.42 Å². The number of likely N-dealkylation sites (N-methyl/N-ethyl adjacent to an activating group) is 1. The van der Waals surface area contributed by atoms with E-state index in [4.69, 9.17) is 9.29 Å². The van der Waals surface area contributed by atoms with Crippen LogP contribution in [0, 0.1) is 0 Å². The molecule has 1 fully saturated rings. The van der Waals surface area contributed by atoms with E-state index in [0.717, 1.165) is 0 Å². The van der Waals surface area contributed by atoms with Crippen LogP contribution in [0.1, 0.15) is 19.3 Å². The Bertz CT molecular complexity index is 337. The van der Waals surface area contributed by atoms with Gasteiger partial charge in [-0.25, -0.2) is 0 Å². The van der Waals surface area contributed by atoms with E-state index in [0.29, 0.717) is 12.8 Å². The van der Waals surface area contributed by atoms with Crippen molar-refractivity contribution in [3.05, 3.63) is 0 Å². The average molecular weight is 237 g/mol. The fourth-order valence-corrected chi connectivity index (χ4v) is 2.22. The number of carbonyl (C=O) groups excluding carboxylic acids is 1. The molecule has 2 atom stereocenters. The van der Waals surface area contributed by atoms with Crippen molar-refractivity contribution in [2.75, 3.05) is 14.1 Å². The maximum absolute atomic E-state index is 11.5. The van der Waals surface area contributed by atoms with Gasteiger partial charge in [0, 0.05) is 6.42 Å². The first-order chi connectivity index (χ1) is 6.82. The summed E-state index contributed by atoms with van der Waals surface area (Å²) in [7, 11) is -0.849. The van der Waals surface area contributed by atoms with Gasteiger partial charge in [-0.05, 0) is 26.9 Å². The highest BCUT2D eigenvalue weighted by atomic mass is 32.2. The molecule has 0 radical (unpaired) electrons. The molecule has 1 rings (SSSR count). The number of carbonyl (C=O) groups is 1. The number of cyclic esters (lactones) is 1. The molecule has 1 heterocycles. The highest BCUT2D eigenvalue weighted by molar-refractivity contribution is 7.86. The van der Waals surface area contributed by atoms with Crippen LogP contribution in [-0.2, 0) is 19.6 Å². The summed E-state index contributed by atoms with van der Waals surface area (Å²) in [5, 5.41) is 0. The molecule has 1 saturated heterocycles. The maximum atomic E-state index is 11.5. The van der Waals surface area contributed by atoms with Gasteiger partial charge in [0.15, 0.2) is 0 Å². The summed E-state index contributed by atoms with van der Waals surface area (Å²) in [5.74, 6) is -0.597. The Kier molecular flexibility index (Phi) is 3.69. The lowest BCUT2D eigenvalue weighted by Gasteiger charge is -2.20. The Balaban J connectivity index is 2.78. The number of ether oxygens (including phenoxy) is 1. The van der Waals surface area contributed by atoms with Gasteiger partial charge >= 0.3 is 16.1 Å². The summed E-state index contributed by atoms with van der Waals surface area (Å²) in [5.41, 5.74) is -1.41. The number of hydrogen-bond acceptors (Lipinski definition) is 5. The minimum absolute atomic E-state index is 0.148. The van der Waals surface area contributed by atoms with Crippen molar-refractivity contribution in [1.29, 1.82) is 0 Å². The molecule has 0 aromatic heterocycles. The molecule has 15 heavy (non-hydrogen) atoms. The number of hydrogen-bond donors (Lipinski definition) is 1. The van der Waals surface area contributed by atoms with Crippen LogP contribution in [0.4, 0.5) is 0 Å². The molecule has 0 aromatic carbocycles. The lowest BCUT2D eigenvalue weighted by Crippen LogP contribution is -2.37. The SMILES string of the molecule is CN(C)C1CCCC(S(=O)(=O)O)OC1=O. The second kappa shape index (κ2) is 4.46. The zero-order valence-electron chi connectivity index (χ0n) is 8.71. The Labute approximate surface area is 89.0 Å². The highest BCUT2D eigenvalue weighted by Crippen LogP contribution is 2.20. The molecule has 88 valence electrons. The van der Waals surface area contributed by atoms with Crippen molar-refractivity contribution in [2.45, 2.75) is 30.7 Å². The van der Waals surface area contributed by atoms with Crippen LogP contribution in [0.3, 0.4) is 0 Å². The van der Waals surface area contributed by atoms with Crippen LogP contribution in [0.25, 0.3) is 0 Å². The third-order valence-electron chi connectivity index (χ3n) is 2.39. The van der Waals surface area contributed by atoms with Crippen molar-refractivity contribution in [3.63, 3.8) is 0 Å². The first kappa shape index (κ1) is 12.4. The number of rotatable bonds is 2. The van der Waals surface area contributed by atoms with E-state index in [9.17, 15) is 13.2 Å². The Morgan fingerprint density at radius 3 is 2.47 bits per heavy atom. The normalized spacial score (nSPS) is 28.7. The summed E-state index contributed by atoms with van der Waals surface area (Å²) < 4.78 is 35.2. The van der Waals surface area contributed by atoms with E-state index in [1.807, 2.05) is 0 Å². The first-order valence-corrected chi connectivity index (χ1v) is 6.16. The molecule has 7 heteroatoms. The smallest absolute Gasteiger partial charge is 0.324 e. The Morgan fingerprint density at radius 2 is 2.00 bits per heavy atom. The molecule has 1 aliphatic rings. The first-order valence-electron chi connectivity index (χ1n) is 4.65. The lowest BCUT2D eigenvalue weighted by atomic mass is 10.1. The quantitative estimate of drug-likeness (QED) is 0.531. The minimum atomic E-state index is -4.29. The monoisotopic (exact) mass is 237 g/mol. The van der Waals surface area contributed by atoms with E-state index in [1.54, 1.807) is 19.0 Å². The predicted molar refractivity (Wildman–Crippen MR) is 52.8 cm³/mol. The molecular formula is C8H15NO5S. The molecule has 2 unspecified atom stereocenters. The van der Waals surface area contributed by atoms with Crippen molar-refractivity contribution in [2.24, 2.45) is 0 Å². The van der Waals surface area contributed by atoms with E-state index < -0.39 is 27.6 Å². The third kappa shape index (κ3) is 3.15. The van der Waals surface area contributed by atoms with Crippen molar-refractivity contribution in [3.8, 4) is 0 Å². The van der Waals surface area contributed by atoms with Crippen LogP contribution in [0.2, 0.25) is 0 Å². The second-order valence-electron chi connectivity index (χ2n) is 3.79. The summed E-state index contributed by atoms with van der Waals surface area (Å²) in [4.78, 5) is 13.1. The Morgan fingerprint density at radius 1 is 1.40 bits per heavy atom. The Hall–Kier alpha value is -0.660. The highest BCUT2D eigenvalue weighted by Gasteiger charge is 2.34. The van der Waals surface area contributed by atoms with Gasteiger partial charge < -0.3 is 4.74 Å². The van der Waals surface area contributed by atoms with Crippen LogP contribution in [0.5, 0.6) is 0 Å². The van der Waals surface area contributed by atoms with Gasteiger partial charge in [-0.1, -0.05) is 0 Å². The average Bonchev–Trinajstić information content (AvgIpc) is 2.25. The van der Waals surface area contributed by atoms with Crippen LogP contribution >= 0.6 is 0 Å². The van der Waals surface area contributed by atoms with Gasteiger partial charge in [0.25, 0.3) is 0 Å². The van der Waals surface area contributed by atoms with Gasteiger partial charge in [-0.2, -0.15) is 8.42 Å². The van der Waals surface area contributed by atoms with Gasteiger partial charge in [0.05, 0.1) is 0 Å². The van der Waals surface area contributed by atoms with Gasteiger partial charge in [0.1, 0.15) is 6.04 Å². The van der Waals surface area contributed by atoms with E-state index in [2.05, 4.69) is 0 Å². The summed E-state index contributed by atoms with van der Waals surface area (Å²) in [6.07, 6.45) is 1.21. The molecule has 6 nitrogen and oxygen atoms in total. The molecular weight excluding hydrogens is 222 g/mol. The standard InChI is InChI=1S/C8H15NO5S/c1-9(2)6-4-3-5-7(14-8(6)10)15(11,12)13/h6-7H,3-5H2,1-2H3,(H,11,12,13). The predicted octanol–water partition coefficient (Wildman–Crippen LogP) is -0.142.